The number of rotatable bonds is 3. The van der Waals surface area contributed by atoms with Gasteiger partial charge in [0, 0.05) is 54.3 Å². The molecule has 22 heavy (non-hydrogen) atoms. The molecule has 1 aromatic carbocycles. The lowest BCUT2D eigenvalue weighted by atomic mass is 9.96. The van der Waals surface area contributed by atoms with Gasteiger partial charge in [-0.2, -0.15) is 0 Å². The highest BCUT2D eigenvalue weighted by Crippen LogP contribution is 2.28. The summed E-state index contributed by atoms with van der Waals surface area (Å²) < 4.78 is 0. The molecule has 1 fully saturated rings. The number of benzene rings is 1. The Bertz CT molecular complexity index is 711. The number of nitrogens with one attached hydrogen (secondary N) is 1. The fraction of sp³-hybridized carbons (Fsp3) is 0.278. The summed E-state index contributed by atoms with van der Waals surface area (Å²) in [6.07, 6.45) is 7.93. The maximum Gasteiger partial charge on any atom is 0.159 e. The molecule has 1 unspecified atom stereocenters. The zero-order valence-corrected chi connectivity index (χ0v) is 12.4. The van der Waals surface area contributed by atoms with Crippen molar-refractivity contribution in [1.82, 2.24) is 15.3 Å². The maximum atomic E-state index is 4.62. The topological polar surface area (TPSA) is 50.2 Å². The molecular formula is C18H18N4. The summed E-state index contributed by atoms with van der Waals surface area (Å²) in [5.41, 5.74) is 4.64. The van der Waals surface area contributed by atoms with Crippen LogP contribution in [0.2, 0.25) is 0 Å². The summed E-state index contributed by atoms with van der Waals surface area (Å²) in [5.74, 6) is 1.36. The largest absolute Gasteiger partial charge is 0.316 e. The third kappa shape index (κ3) is 2.57. The SMILES string of the molecule is C1=C(c2cnc(-c3ccccc3)nc2)CC(C2CCNC2)=N1. The van der Waals surface area contributed by atoms with E-state index in [1.54, 1.807) is 0 Å². The lowest BCUT2D eigenvalue weighted by Gasteiger charge is -2.09. The summed E-state index contributed by atoms with van der Waals surface area (Å²) in [6.45, 7) is 2.16. The quantitative estimate of drug-likeness (QED) is 0.945. The summed E-state index contributed by atoms with van der Waals surface area (Å²) in [4.78, 5) is 13.6. The van der Waals surface area contributed by atoms with Gasteiger partial charge in [-0.3, -0.25) is 4.99 Å². The third-order valence-corrected chi connectivity index (χ3v) is 4.34. The molecule has 0 spiro atoms. The van der Waals surface area contributed by atoms with E-state index in [1.165, 1.54) is 17.7 Å². The van der Waals surface area contributed by atoms with E-state index in [-0.39, 0.29) is 0 Å². The number of aliphatic imine (C=N–C) groups is 1. The Labute approximate surface area is 130 Å². The molecule has 0 amide bonds. The standard InChI is InChI=1S/C18H18N4/c1-2-4-13(5-3-1)18-21-11-16(12-22-18)15-8-17(20-10-15)14-6-7-19-9-14/h1-5,10-12,14,19H,6-9H2. The zero-order chi connectivity index (χ0) is 14.8. The van der Waals surface area contributed by atoms with Gasteiger partial charge in [0.15, 0.2) is 5.82 Å². The Balaban J connectivity index is 1.48. The zero-order valence-electron chi connectivity index (χ0n) is 12.4. The van der Waals surface area contributed by atoms with Crippen molar-refractivity contribution in [2.45, 2.75) is 12.8 Å². The van der Waals surface area contributed by atoms with Gasteiger partial charge >= 0.3 is 0 Å². The van der Waals surface area contributed by atoms with Crippen LogP contribution in [0.4, 0.5) is 0 Å². The molecule has 0 aliphatic carbocycles. The highest BCUT2D eigenvalue weighted by Gasteiger charge is 2.24. The van der Waals surface area contributed by atoms with E-state index in [2.05, 4.69) is 20.3 Å². The van der Waals surface area contributed by atoms with Crippen LogP contribution in [0.25, 0.3) is 17.0 Å². The number of nitrogens with zero attached hydrogens (tertiary/aromatic N) is 3. The van der Waals surface area contributed by atoms with Crippen LogP contribution in [0, 0.1) is 5.92 Å². The van der Waals surface area contributed by atoms with Crippen molar-refractivity contribution in [2.24, 2.45) is 10.9 Å². The summed E-state index contributed by atoms with van der Waals surface area (Å²) in [7, 11) is 0. The van der Waals surface area contributed by atoms with Crippen LogP contribution in [0.1, 0.15) is 18.4 Å². The van der Waals surface area contributed by atoms with Gasteiger partial charge in [-0.15, -0.1) is 0 Å². The van der Waals surface area contributed by atoms with Crippen LogP contribution in [-0.4, -0.2) is 28.8 Å². The van der Waals surface area contributed by atoms with Crippen molar-refractivity contribution in [2.75, 3.05) is 13.1 Å². The molecule has 1 atom stereocenters. The van der Waals surface area contributed by atoms with Gasteiger partial charge in [0.2, 0.25) is 0 Å². The molecule has 0 radical (unpaired) electrons. The van der Waals surface area contributed by atoms with E-state index >= 15 is 0 Å². The van der Waals surface area contributed by atoms with Crippen molar-refractivity contribution in [3.05, 3.63) is 54.5 Å². The molecule has 4 nitrogen and oxygen atoms in total. The molecule has 110 valence electrons. The second-order valence-corrected chi connectivity index (χ2v) is 5.80. The van der Waals surface area contributed by atoms with E-state index in [1.807, 2.05) is 48.9 Å². The average Bonchev–Trinajstić information content (AvgIpc) is 3.27. The maximum absolute atomic E-state index is 4.62. The van der Waals surface area contributed by atoms with E-state index in [0.717, 1.165) is 36.5 Å². The minimum atomic E-state index is 0.596. The first-order valence-electron chi connectivity index (χ1n) is 7.74. The molecular weight excluding hydrogens is 272 g/mol. The summed E-state index contributed by atoms with van der Waals surface area (Å²) in [6, 6.07) is 10.1. The predicted octanol–water partition coefficient (Wildman–Crippen LogP) is 2.94. The van der Waals surface area contributed by atoms with E-state index in [4.69, 9.17) is 0 Å². The van der Waals surface area contributed by atoms with Crippen LogP contribution >= 0.6 is 0 Å². The molecule has 2 aliphatic heterocycles. The van der Waals surface area contributed by atoms with Crippen LogP contribution in [-0.2, 0) is 0 Å². The average molecular weight is 290 g/mol. The van der Waals surface area contributed by atoms with Crippen LogP contribution in [0.3, 0.4) is 0 Å². The first kappa shape index (κ1) is 13.3. The molecule has 4 heteroatoms. The van der Waals surface area contributed by atoms with Gasteiger partial charge in [-0.25, -0.2) is 9.97 Å². The second-order valence-electron chi connectivity index (χ2n) is 5.80. The monoisotopic (exact) mass is 290 g/mol. The summed E-state index contributed by atoms with van der Waals surface area (Å²) in [5, 5.41) is 3.40. The molecule has 4 rings (SSSR count). The summed E-state index contributed by atoms with van der Waals surface area (Å²) >= 11 is 0. The van der Waals surface area contributed by atoms with Crippen molar-refractivity contribution >= 4 is 11.3 Å². The third-order valence-electron chi connectivity index (χ3n) is 4.34. The predicted molar refractivity (Wildman–Crippen MR) is 88.5 cm³/mol. The lowest BCUT2D eigenvalue weighted by Crippen LogP contribution is -2.16. The fourth-order valence-corrected chi connectivity index (χ4v) is 3.04. The highest BCUT2D eigenvalue weighted by molar-refractivity contribution is 5.99. The Morgan fingerprint density at radius 2 is 1.82 bits per heavy atom. The van der Waals surface area contributed by atoms with Crippen molar-refractivity contribution in [3.8, 4) is 11.4 Å². The molecule has 1 saturated heterocycles. The molecule has 2 aliphatic rings. The van der Waals surface area contributed by atoms with E-state index in [9.17, 15) is 0 Å². The van der Waals surface area contributed by atoms with Crippen molar-refractivity contribution in [1.29, 1.82) is 0 Å². The second kappa shape index (κ2) is 5.81. The Morgan fingerprint density at radius 1 is 1.00 bits per heavy atom. The Kier molecular flexibility index (Phi) is 3.52. The number of hydrogen-bond acceptors (Lipinski definition) is 4. The number of hydrogen-bond donors (Lipinski definition) is 1. The molecule has 3 heterocycles. The smallest absolute Gasteiger partial charge is 0.159 e. The Morgan fingerprint density at radius 3 is 2.55 bits per heavy atom. The highest BCUT2D eigenvalue weighted by atomic mass is 14.9. The number of aromatic nitrogens is 2. The minimum absolute atomic E-state index is 0.596. The lowest BCUT2D eigenvalue weighted by molar-refractivity contribution is 0.764. The van der Waals surface area contributed by atoms with Crippen molar-refractivity contribution in [3.63, 3.8) is 0 Å². The fourth-order valence-electron chi connectivity index (χ4n) is 3.04. The van der Waals surface area contributed by atoms with Crippen LogP contribution < -0.4 is 5.32 Å². The Hall–Kier alpha value is -2.33. The first-order chi connectivity index (χ1) is 10.9. The minimum Gasteiger partial charge on any atom is -0.316 e. The van der Waals surface area contributed by atoms with Gasteiger partial charge in [0.05, 0.1) is 0 Å². The van der Waals surface area contributed by atoms with E-state index in [0.29, 0.717) is 5.92 Å². The van der Waals surface area contributed by atoms with Crippen molar-refractivity contribution < 1.29 is 0 Å². The molecule has 2 aromatic rings. The van der Waals surface area contributed by atoms with Gasteiger partial charge in [-0.1, -0.05) is 30.3 Å². The first-order valence-corrected chi connectivity index (χ1v) is 7.74. The van der Waals surface area contributed by atoms with Gasteiger partial charge in [0.1, 0.15) is 0 Å². The molecule has 1 aromatic heterocycles. The normalized spacial score (nSPS) is 20.8. The molecule has 0 saturated carbocycles. The molecule has 1 N–H and O–H groups in total. The van der Waals surface area contributed by atoms with Gasteiger partial charge in [-0.05, 0) is 18.5 Å². The van der Waals surface area contributed by atoms with E-state index < -0.39 is 0 Å². The van der Waals surface area contributed by atoms with Crippen LogP contribution in [0.15, 0.2) is 53.9 Å². The molecule has 0 bridgehead atoms. The van der Waals surface area contributed by atoms with Gasteiger partial charge < -0.3 is 5.32 Å². The number of allylic oxidation sites excluding steroid dienone is 1. The van der Waals surface area contributed by atoms with Gasteiger partial charge in [0.25, 0.3) is 0 Å². The van der Waals surface area contributed by atoms with Crippen LogP contribution in [0.5, 0.6) is 0 Å².